The fourth-order valence-corrected chi connectivity index (χ4v) is 3.04. The summed E-state index contributed by atoms with van der Waals surface area (Å²) < 4.78 is 25.2. The minimum absolute atomic E-state index is 0.0873. The molecule has 19 heavy (non-hydrogen) atoms. The number of nitrogens with zero attached hydrogens (tertiary/aromatic N) is 1. The van der Waals surface area contributed by atoms with Crippen LogP contribution in [0.3, 0.4) is 0 Å². The van der Waals surface area contributed by atoms with Crippen LogP contribution in [0, 0.1) is 5.92 Å². The van der Waals surface area contributed by atoms with Crippen molar-refractivity contribution in [3.63, 3.8) is 0 Å². The van der Waals surface area contributed by atoms with E-state index in [0.717, 1.165) is 18.5 Å². The molecule has 2 unspecified atom stereocenters. The Morgan fingerprint density at radius 1 is 1.26 bits per heavy atom. The van der Waals surface area contributed by atoms with E-state index in [2.05, 4.69) is 11.9 Å². The molecular formula is C15H22F2N2. The van der Waals surface area contributed by atoms with Crippen LogP contribution in [0.1, 0.15) is 42.9 Å². The molecule has 1 aliphatic rings. The smallest absolute Gasteiger partial charge is 0.263 e. The summed E-state index contributed by atoms with van der Waals surface area (Å²) in [6, 6.07) is 6.98. The van der Waals surface area contributed by atoms with Crippen LogP contribution in [0.5, 0.6) is 0 Å². The largest absolute Gasteiger partial charge is 0.330 e. The number of hydrogen-bond donors (Lipinski definition) is 1. The predicted octanol–water partition coefficient (Wildman–Crippen LogP) is 3.36. The lowest BCUT2D eigenvalue weighted by Crippen LogP contribution is -2.32. The second-order valence-corrected chi connectivity index (χ2v) is 5.38. The average molecular weight is 268 g/mol. The second kappa shape index (κ2) is 6.44. The van der Waals surface area contributed by atoms with E-state index >= 15 is 0 Å². The first-order valence-electron chi connectivity index (χ1n) is 6.91. The Hall–Kier alpha value is -1.00. The first-order valence-corrected chi connectivity index (χ1v) is 6.91. The van der Waals surface area contributed by atoms with Crippen molar-refractivity contribution >= 4 is 0 Å². The highest BCUT2D eigenvalue weighted by Gasteiger charge is 2.28. The van der Waals surface area contributed by atoms with Gasteiger partial charge in [-0.1, -0.05) is 30.7 Å². The van der Waals surface area contributed by atoms with E-state index in [4.69, 9.17) is 5.73 Å². The molecule has 0 amide bonds. The van der Waals surface area contributed by atoms with Crippen molar-refractivity contribution in [2.24, 2.45) is 11.7 Å². The van der Waals surface area contributed by atoms with Gasteiger partial charge in [0.1, 0.15) is 0 Å². The minimum Gasteiger partial charge on any atom is -0.330 e. The van der Waals surface area contributed by atoms with Gasteiger partial charge in [0.05, 0.1) is 0 Å². The summed E-state index contributed by atoms with van der Waals surface area (Å²) in [6.07, 6.45) is 1.09. The molecule has 0 spiro atoms. The third-order valence-electron chi connectivity index (χ3n) is 4.09. The van der Waals surface area contributed by atoms with Gasteiger partial charge in [-0.15, -0.1) is 0 Å². The highest BCUT2D eigenvalue weighted by Crippen LogP contribution is 2.34. The molecule has 4 heteroatoms. The van der Waals surface area contributed by atoms with E-state index in [1.165, 1.54) is 25.0 Å². The summed E-state index contributed by atoms with van der Waals surface area (Å²) in [5.41, 5.74) is 7.08. The van der Waals surface area contributed by atoms with E-state index < -0.39 is 6.43 Å². The molecule has 2 atom stereocenters. The zero-order valence-electron chi connectivity index (χ0n) is 11.4. The lowest BCUT2D eigenvalue weighted by Gasteiger charge is -2.32. The molecule has 1 heterocycles. The fraction of sp³-hybridized carbons (Fsp3) is 0.600. The Labute approximate surface area is 113 Å². The van der Waals surface area contributed by atoms with Gasteiger partial charge < -0.3 is 5.73 Å². The molecule has 0 bridgehead atoms. The molecule has 106 valence electrons. The van der Waals surface area contributed by atoms with Gasteiger partial charge in [0, 0.05) is 11.6 Å². The highest BCUT2D eigenvalue weighted by molar-refractivity contribution is 5.26. The van der Waals surface area contributed by atoms with E-state index in [-0.39, 0.29) is 11.6 Å². The maximum atomic E-state index is 12.6. The Bertz CT molecular complexity index is 392. The summed E-state index contributed by atoms with van der Waals surface area (Å²) >= 11 is 0. The first kappa shape index (κ1) is 14.4. The van der Waals surface area contributed by atoms with E-state index in [1.807, 2.05) is 12.1 Å². The summed E-state index contributed by atoms with van der Waals surface area (Å²) in [5, 5.41) is 0. The predicted molar refractivity (Wildman–Crippen MR) is 73.2 cm³/mol. The van der Waals surface area contributed by atoms with Crippen molar-refractivity contribution in [1.29, 1.82) is 0 Å². The number of alkyl halides is 2. The lowest BCUT2D eigenvalue weighted by molar-refractivity contribution is 0.151. The Morgan fingerprint density at radius 3 is 2.53 bits per heavy atom. The third kappa shape index (κ3) is 3.31. The van der Waals surface area contributed by atoms with Crippen molar-refractivity contribution in [2.75, 3.05) is 20.1 Å². The van der Waals surface area contributed by atoms with Gasteiger partial charge in [0.2, 0.25) is 0 Å². The molecule has 1 saturated heterocycles. The van der Waals surface area contributed by atoms with Crippen LogP contribution < -0.4 is 5.73 Å². The molecule has 0 saturated carbocycles. The number of rotatable bonds is 3. The monoisotopic (exact) mass is 268 g/mol. The fourth-order valence-electron chi connectivity index (χ4n) is 3.04. The summed E-state index contributed by atoms with van der Waals surface area (Å²) in [7, 11) is 2.10. The van der Waals surface area contributed by atoms with Crippen LogP contribution >= 0.6 is 0 Å². The van der Waals surface area contributed by atoms with Crippen LogP contribution in [-0.4, -0.2) is 25.0 Å². The SMILES string of the molecule is CN1CCCCC(CN)C1c1ccc(C(F)F)cc1. The van der Waals surface area contributed by atoms with Crippen molar-refractivity contribution in [1.82, 2.24) is 4.90 Å². The molecule has 1 aromatic carbocycles. The van der Waals surface area contributed by atoms with Crippen LogP contribution in [0.25, 0.3) is 0 Å². The maximum absolute atomic E-state index is 12.6. The number of likely N-dealkylation sites (tertiary alicyclic amines) is 1. The molecule has 1 aliphatic heterocycles. The normalized spacial score (nSPS) is 25.5. The molecule has 0 aromatic heterocycles. The Morgan fingerprint density at radius 2 is 1.95 bits per heavy atom. The van der Waals surface area contributed by atoms with Gasteiger partial charge in [-0.2, -0.15) is 0 Å². The summed E-state index contributed by atoms with van der Waals surface area (Å²) in [6.45, 7) is 1.68. The zero-order valence-corrected chi connectivity index (χ0v) is 11.4. The van der Waals surface area contributed by atoms with Crippen LogP contribution in [0.4, 0.5) is 8.78 Å². The standard InChI is InChI=1S/C15H22F2N2/c1-19-9-3-2-4-13(10-18)14(19)11-5-7-12(8-6-11)15(16)17/h5-8,13-15H,2-4,9-10,18H2,1H3. The molecule has 1 aromatic rings. The number of nitrogens with two attached hydrogens (primary N) is 1. The minimum atomic E-state index is -2.40. The Kier molecular flexibility index (Phi) is 4.88. The quantitative estimate of drug-likeness (QED) is 0.911. The van der Waals surface area contributed by atoms with Gasteiger partial charge in [0.25, 0.3) is 6.43 Å². The van der Waals surface area contributed by atoms with Gasteiger partial charge in [-0.05, 0) is 44.5 Å². The molecule has 0 radical (unpaired) electrons. The molecule has 2 N–H and O–H groups in total. The van der Waals surface area contributed by atoms with Gasteiger partial charge >= 0.3 is 0 Å². The molecular weight excluding hydrogens is 246 g/mol. The second-order valence-electron chi connectivity index (χ2n) is 5.38. The number of halogens is 2. The van der Waals surface area contributed by atoms with Gasteiger partial charge in [-0.3, -0.25) is 4.90 Å². The van der Waals surface area contributed by atoms with E-state index in [0.29, 0.717) is 12.5 Å². The summed E-state index contributed by atoms with van der Waals surface area (Å²) in [5.74, 6) is 0.407. The van der Waals surface area contributed by atoms with Gasteiger partial charge in [-0.25, -0.2) is 8.78 Å². The van der Waals surface area contributed by atoms with Gasteiger partial charge in [0.15, 0.2) is 0 Å². The third-order valence-corrected chi connectivity index (χ3v) is 4.09. The van der Waals surface area contributed by atoms with E-state index in [1.54, 1.807) is 0 Å². The van der Waals surface area contributed by atoms with Crippen molar-refractivity contribution in [3.05, 3.63) is 35.4 Å². The van der Waals surface area contributed by atoms with E-state index in [9.17, 15) is 8.78 Å². The van der Waals surface area contributed by atoms with Crippen molar-refractivity contribution in [2.45, 2.75) is 31.7 Å². The highest BCUT2D eigenvalue weighted by atomic mass is 19.3. The molecule has 2 rings (SSSR count). The average Bonchev–Trinajstić information content (AvgIpc) is 2.60. The first-order chi connectivity index (χ1) is 9.13. The lowest BCUT2D eigenvalue weighted by atomic mass is 9.89. The molecule has 0 aliphatic carbocycles. The van der Waals surface area contributed by atoms with Crippen molar-refractivity contribution in [3.8, 4) is 0 Å². The van der Waals surface area contributed by atoms with Crippen LogP contribution in [0.15, 0.2) is 24.3 Å². The maximum Gasteiger partial charge on any atom is 0.263 e. The zero-order chi connectivity index (χ0) is 13.8. The molecule has 2 nitrogen and oxygen atoms in total. The van der Waals surface area contributed by atoms with Crippen LogP contribution in [-0.2, 0) is 0 Å². The number of benzene rings is 1. The number of hydrogen-bond acceptors (Lipinski definition) is 2. The topological polar surface area (TPSA) is 29.3 Å². The summed E-state index contributed by atoms with van der Waals surface area (Å²) in [4.78, 5) is 2.31. The Balaban J connectivity index is 2.24. The molecule has 1 fully saturated rings. The van der Waals surface area contributed by atoms with Crippen LogP contribution in [0.2, 0.25) is 0 Å². The van der Waals surface area contributed by atoms with Crippen molar-refractivity contribution < 1.29 is 8.78 Å².